The first-order valence-electron chi connectivity index (χ1n) is 14.0. The number of hydrogen-bond acceptors (Lipinski definition) is 8. The van der Waals surface area contributed by atoms with E-state index in [0.29, 0.717) is 40.2 Å². The number of carbonyl (C=O) groups excluding carboxylic acids is 1. The number of esters is 1. The van der Waals surface area contributed by atoms with Gasteiger partial charge in [0.1, 0.15) is 28.9 Å². The number of nitriles is 1. The molecule has 42 heavy (non-hydrogen) atoms. The maximum atomic E-state index is 12.5. The summed E-state index contributed by atoms with van der Waals surface area (Å²) in [5.41, 5.74) is 8.73. The molecule has 1 aliphatic rings. The van der Waals surface area contributed by atoms with Crippen LogP contribution in [0.15, 0.2) is 66.1 Å². The zero-order chi connectivity index (χ0) is 30.1. The van der Waals surface area contributed by atoms with Crippen LogP contribution in [-0.4, -0.2) is 26.3 Å². The lowest BCUT2D eigenvalue weighted by molar-refractivity contribution is -0.136. The van der Waals surface area contributed by atoms with Crippen LogP contribution in [0.1, 0.15) is 61.6 Å². The topological polar surface area (TPSA) is 113 Å². The van der Waals surface area contributed by atoms with Crippen molar-refractivity contribution >= 4 is 17.6 Å². The minimum atomic E-state index is -0.594. The lowest BCUT2D eigenvalue weighted by Crippen LogP contribution is -2.22. The van der Waals surface area contributed by atoms with Crippen LogP contribution in [0.4, 0.5) is 0 Å². The summed E-state index contributed by atoms with van der Waals surface area (Å²) in [6.07, 6.45) is 5.71. The van der Waals surface area contributed by atoms with E-state index in [1.54, 1.807) is 43.5 Å². The van der Waals surface area contributed by atoms with Crippen molar-refractivity contribution in [3.8, 4) is 34.8 Å². The van der Waals surface area contributed by atoms with Gasteiger partial charge in [0.05, 0.1) is 19.6 Å². The average Bonchev–Trinajstić information content (AvgIpc) is 2.97. The Bertz CT molecular complexity index is 1500. The van der Waals surface area contributed by atoms with Crippen molar-refractivity contribution in [2.75, 3.05) is 20.3 Å². The predicted octanol–water partition coefficient (Wildman–Crippen LogP) is 7.21. The Morgan fingerprint density at radius 2 is 1.79 bits per heavy atom. The number of methoxy groups -OCH3 is 1. The van der Waals surface area contributed by atoms with Crippen LogP contribution in [0.2, 0.25) is 5.02 Å². The first-order valence-corrected chi connectivity index (χ1v) is 14.3. The minimum absolute atomic E-state index is 0.0219. The summed E-state index contributed by atoms with van der Waals surface area (Å²) in [6, 6.07) is 17.9. The van der Waals surface area contributed by atoms with E-state index in [2.05, 4.69) is 13.0 Å². The molecule has 0 aromatic heterocycles. The Morgan fingerprint density at radius 3 is 2.52 bits per heavy atom. The van der Waals surface area contributed by atoms with E-state index in [4.69, 9.17) is 41.0 Å². The number of rotatable bonds is 13. The van der Waals surface area contributed by atoms with E-state index in [1.165, 1.54) is 19.3 Å². The highest BCUT2D eigenvalue weighted by Gasteiger charge is 2.32. The van der Waals surface area contributed by atoms with Gasteiger partial charge in [-0.05, 0) is 60.9 Å². The minimum Gasteiger partial charge on any atom is -0.493 e. The first-order chi connectivity index (χ1) is 20.3. The number of nitrogens with two attached hydrogens (primary N) is 1. The Hall–Kier alpha value is -4.35. The van der Waals surface area contributed by atoms with Crippen LogP contribution in [0.25, 0.3) is 0 Å². The molecule has 3 aromatic rings. The highest BCUT2D eigenvalue weighted by Crippen LogP contribution is 2.45. The van der Waals surface area contributed by atoms with E-state index in [1.807, 2.05) is 25.1 Å². The maximum Gasteiger partial charge on any atom is 0.349 e. The Labute approximate surface area is 251 Å². The van der Waals surface area contributed by atoms with Crippen LogP contribution in [0.3, 0.4) is 0 Å². The zero-order valence-corrected chi connectivity index (χ0v) is 24.8. The normalized spacial score (nSPS) is 13.9. The molecule has 0 fully saturated rings. The maximum absolute atomic E-state index is 12.5. The van der Waals surface area contributed by atoms with E-state index in [0.717, 1.165) is 24.0 Å². The van der Waals surface area contributed by atoms with Crippen molar-refractivity contribution in [3.63, 3.8) is 0 Å². The molecule has 1 heterocycles. The lowest BCUT2D eigenvalue weighted by atomic mass is 9.83. The summed E-state index contributed by atoms with van der Waals surface area (Å²) in [7, 11) is 1.58. The fourth-order valence-corrected chi connectivity index (χ4v) is 5.01. The number of aryl methyl sites for hydroxylation is 1. The summed E-state index contributed by atoms with van der Waals surface area (Å²) in [6.45, 7) is 4.33. The Kier molecular flexibility index (Phi) is 10.6. The van der Waals surface area contributed by atoms with Gasteiger partial charge in [0, 0.05) is 16.7 Å². The largest absolute Gasteiger partial charge is 0.493 e. The van der Waals surface area contributed by atoms with Crippen molar-refractivity contribution in [3.05, 3.63) is 87.8 Å². The van der Waals surface area contributed by atoms with Crippen LogP contribution < -0.4 is 29.4 Å². The standard InChI is InChI=1S/C33H35ClN2O6/c1-4-5-6-7-8-15-39-28-13-9-22(17-30(28)38-3)32-25-12-11-24(18-29(25)42-33(36)26(32)19-35)41-31(37)20-40-27-14-10-23(34)16-21(27)2/h9-14,16-18,32H,4-8,15,20,36H2,1-3H3. The molecule has 4 rings (SSSR count). The second-order valence-electron chi connectivity index (χ2n) is 9.97. The van der Waals surface area contributed by atoms with Crippen molar-refractivity contribution < 1.29 is 28.5 Å². The molecule has 0 saturated heterocycles. The van der Waals surface area contributed by atoms with Crippen molar-refractivity contribution in [1.29, 1.82) is 5.26 Å². The number of halogens is 1. The summed E-state index contributed by atoms with van der Waals surface area (Å²) in [5, 5.41) is 10.5. The second kappa shape index (κ2) is 14.5. The van der Waals surface area contributed by atoms with Crippen LogP contribution >= 0.6 is 11.6 Å². The summed E-state index contributed by atoms with van der Waals surface area (Å²) in [4.78, 5) is 12.5. The molecule has 0 radical (unpaired) electrons. The van der Waals surface area contributed by atoms with Crippen LogP contribution in [0, 0.1) is 18.3 Å². The summed E-state index contributed by atoms with van der Waals surface area (Å²) < 4.78 is 28.5. The Morgan fingerprint density at radius 1 is 1.00 bits per heavy atom. The highest BCUT2D eigenvalue weighted by atomic mass is 35.5. The molecule has 0 saturated carbocycles. The van der Waals surface area contributed by atoms with Crippen molar-refractivity contribution in [2.45, 2.75) is 51.9 Å². The summed E-state index contributed by atoms with van der Waals surface area (Å²) in [5.74, 6) is 1.23. The molecule has 8 nitrogen and oxygen atoms in total. The fourth-order valence-electron chi connectivity index (χ4n) is 4.79. The third-order valence-corrected chi connectivity index (χ3v) is 7.17. The summed E-state index contributed by atoms with van der Waals surface area (Å²) >= 11 is 5.98. The third kappa shape index (κ3) is 7.48. The van der Waals surface area contributed by atoms with E-state index < -0.39 is 11.9 Å². The van der Waals surface area contributed by atoms with Gasteiger partial charge in [-0.25, -0.2) is 4.79 Å². The van der Waals surface area contributed by atoms with Gasteiger partial charge in [-0.15, -0.1) is 0 Å². The third-order valence-electron chi connectivity index (χ3n) is 6.93. The average molecular weight is 591 g/mol. The van der Waals surface area contributed by atoms with Crippen molar-refractivity contribution in [2.24, 2.45) is 5.73 Å². The molecule has 0 bridgehead atoms. The molecule has 220 valence electrons. The van der Waals surface area contributed by atoms with Crippen molar-refractivity contribution in [1.82, 2.24) is 0 Å². The number of benzene rings is 3. The molecule has 1 aliphatic heterocycles. The lowest BCUT2D eigenvalue weighted by Gasteiger charge is -2.27. The number of ether oxygens (including phenoxy) is 5. The number of allylic oxidation sites excluding steroid dienone is 1. The Balaban J connectivity index is 1.50. The molecule has 0 aliphatic carbocycles. The molecule has 3 aromatic carbocycles. The molecule has 2 N–H and O–H groups in total. The van der Waals surface area contributed by atoms with E-state index >= 15 is 0 Å². The SMILES string of the molecule is CCCCCCCOc1ccc(C2C(C#N)=C(N)Oc3cc(OC(=O)COc4ccc(Cl)cc4C)ccc32)cc1OC. The van der Waals surface area contributed by atoms with Gasteiger partial charge < -0.3 is 29.4 Å². The molecule has 9 heteroatoms. The fraction of sp³-hybridized carbons (Fsp3) is 0.333. The highest BCUT2D eigenvalue weighted by molar-refractivity contribution is 6.30. The van der Waals surface area contributed by atoms with E-state index in [-0.39, 0.29) is 23.8 Å². The zero-order valence-electron chi connectivity index (χ0n) is 24.1. The molecule has 1 unspecified atom stereocenters. The first kappa shape index (κ1) is 30.6. The smallest absolute Gasteiger partial charge is 0.349 e. The molecule has 0 spiro atoms. The van der Waals surface area contributed by atoms with Gasteiger partial charge in [-0.3, -0.25) is 0 Å². The van der Waals surface area contributed by atoms with Gasteiger partial charge in [0.15, 0.2) is 18.1 Å². The number of nitrogens with zero attached hydrogens (tertiary/aromatic N) is 1. The van der Waals surface area contributed by atoms with Gasteiger partial charge in [-0.1, -0.05) is 56.3 Å². The van der Waals surface area contributed by atoms with Gasteiger partial charge >= 0.3 is 5.97 Å². The molecular formula is C33H35ClN2O6. The molecular weight excluding hydrogens is 556 g/mol. The number of fused-ring (bicyclic) bond motifs is 1. The van der Waals surface area contributed by atoms with Gasteiger partial charge in [-0.2, -0.15) is 5.26 Å². The number of carbonyl (C=O) groups is 1. The van der Waals surface area contributed by atoms with E-state index in [9.17, 15) is 10.1 Å². The van der Waals surface area contributed by atoms with Crippen LogP contribution in [-0.2, 0) is 4.79 Å². The predicted molar refractivity (Wildman–Crippen MR) is 160 cm³/mol. The second-order valence-corrected chi connectivity index (χ2v) is 10.4. The van der Waals surface area contributed by atoms with Crippen LogP contribution in [0.5, 0.6) is 28.7 Å². The molecule has 1 atom stereocenters. The van der Waals surface area contributed by atoms with Gasteiger partial charge in [0.2, 0.25) is 5.88 Å². The molecule has 0 amide bonds. The number of hydrogen-bond donors (Lipinski definition) is 1. The van der Waals surface area contributed by atoms with Gasteiger partial charge in [0.25, 0.3) is 0 Å². The monoisotopic (exact) mass is 590 g/mol. The quantitative estimate of drug-likeness (QED) is 0.126. The number of unbranched alkanes of at least 4 members (excludes halogenated alkanes) is 4.